The van der Waals surface area contributed by atoms with E-state index in [1.165, 1.54) is 5.56 Å². The number of nitrogens with zero attached hydrogens (tertiary/aromatic N) is 1. The average molecular weight is 310 g/mol. The number of H-pyrrole nitrogens is 1. The third kappa shape index (κ3) is 4.88. The first-order valence-corrected chi connectivity index (χ1v) is 6.73. The van der Waals surface area contributed by atoms with Gasteiger partial charge >= 0.3 is 0 Å². The van der Waals surface area contributed by atoms with Crippen LogP contribution in [0.15, 0.2) is 35.1 Å². The number of nitrogens with two attached hydrogens (primary N) is 1. The van der Waals surface area contributed by atoms with Gasteiger partial charge in [-0.05, 0) is 31.2 Å². The molecule has 114 valence electrons. The number of hydrogen-bond acceptors (Lipinski definition) is 4. The molecule has 0 aliphatic heterocycles. The minimum absolute atomic E-state index is 0. The number of unbranched alkanes of at least 4 members (excludes halogenated alkanes) is 1. The van der Waals surface area contributed by atoms with Crippen LogP contribution < -0.4 is 11.3 Å². The van der Waals surface area contributed by atoms with Crippen LogP contribution in [0.3, 0.4) is 0 Å². The van der Waals surface area contributed by atoms with Gasteiger partial charge in [-0.15, -0.1) is 12.4 Å². The van der Waals surface area contributed by atoms with Crippen LogP contribution in [0.4, 0.5) is 5.95 Å². The first-order chi connectivity index (χ1) is 9.70. The first-order valence-electron chi connectivity index (χ1n) is 6.73. The summed E-state index contributed by atoms with van der Waals surface area (Å²) in [5.41, 5.74) is 7.42. The van der Waals surface area contributed by atoms with Crippen LogP contribution in [0.2, 0.25) is 0 Å². The number of aryl methyl sites for hydroxylation is 1. The second-order valence-corrected chi connectivity index (χ2v) is 4.73. The van der Waals surface area contributed by atoms with Crippen molar-refractivity contribution in [2.75, 3.05) is 5.73 Å². The zero-order chi connectivity index (χ0) is 14.4. The number of aromatic amines is 1. The highest BCUT2D eigenvalue weighted by molar-refractivity contribution is 5.85. The molecule has 0 atom stereocenters. The summed E-state index contributed by atoms with van der Waals surface area (Å²) < 4.78 is 0. The van der Waals surface area contributed by atoms with Gasteiger partial charge in [0.25, 0.3) is 5.56 Å². The lowest BCUT2D eigenvalue weighted by Crippen LogP contribution is -2.20. The van der Waals surface area contributed by atoms with Crippen molar-refractivity contribution in [2.45, 2.75) is 32.3 Å². The average Bonchev–Trinajstić information content (AvgIpc) is 2.45. The summed E-state index contributed by atoms with van der Waals surface area (Å²) in [7, 11) is 0. The molecule has 21 heavy (non-hydrogen) atoms. The van der Waals surface area contributed by atoms with Crippen molar-refractivity contribution in [1.82, 2.24) is 9.97 Å². The number of aromatic nitrogens is 2. The molecule has 0 saturated carbocycles. The summed E-state index contributed by atoms with van der Waals surface area (Å²) in [4.78, 5) is 18.2. The fourth-order valence-electron chi connectivity index (χ4n) is 2.23. The van der Waals surface area contributed by atoms with Gasteiger partial charge in [0.1, 0.15) is 0 Å². The number of aliphatic hydroxyl groups excluding tert-OH is 1. The van der Waals surface area contributed by atoms with Crippen molar-refractivity contribution < 1.29 is 5.11 Å². The van der Waals surface area contributed by atoms with Crippen molar-refractivity contribution >= 4 is 18.4 Å². The van der Waals surface area contributed by atoms with E-state index in [0.717, 1.165) is 19.3 Å². The lowest BCUT2D eigenvalue weighted by molar-refractivity contribution is 0.275. The SMILES string of the molecule is Cl.Nc1nc(CO)c(CCCCc2ccccc2)c(=O)[nH]1. The van der Waals surface area contributed by atoms with E-state index in [9.17, 15) is 9.90 Å². The Morgan fingerprint density at radius 2 is 1.81 bits per heavy atom. The highest BCUT2D eigenvalue weighted by Crippen LogP contribution is 2.09. The van der Waals surface area contributed by atoms with E-state index in [4.69, 9.17) is 5.73 Å². The predicted molar refractivity (Wildman–Crippen MR) is 85.5 cm³/mol. The fourth-order valence-corrected chi connectivity index (χ4v) is 2.23. The second kappa shape index (κ2) is 8.44. The van der Waals surface area contributed by atoms with Gasteiger partial charge in [-0.3, -0.25) is 9.78 Å². The van der Waals surface area contributed by atoms with Crippen LogP contribution in [0.5, 0.6) is 0 Å². The first kappa shape index (κ1) is 17.2. The van der Waals surface area contributed by atoms with Crippen LogP contribution in [-0.2, 0) is 19.4 Å². The Hall–Kier alpha value is -1.85. The van der Waals surface area contributed by atoms with Gasteiger partial charge in [0, 0.05) is 5.56 Å². The summed E-state index contributed by atoms with van der Waals surface area (Å²) in [6.07, 6.45) is 3.44. The maximum Gasteiger partial charge on any atom is 0.255 e. The number of nitrogen functional groups attached to an aromatic ring is 1. The van der Waals surface area contributed by atoms with Crippen LogP contribution in [0.25, 0.3) is 0 Å². The van der Waals surface area contributed by atoms with Gasteiger partial charge in [0.15, 0.2) is 0 Å². The molecule has 0 bridgehead atoms. The van der Waals surface area contributed by atoms with E-state index in [2.05, 4.69) is 22.1 Å². The van der Waals surface area contributed by atoms with Crippen molar-refractivity contribution in [2.24, 2.45) is 0 Å². The van der Waals surface area contributed by atoms with E-state index >= 15 is 0 Å². The Morgan fingerprint density at radius 1 is 1.14 bits per heavy atom. The summed E-state index contributed by atoms with van der Waals surface area (Å²) >= 11 is 0. The minimum Gasteiger partial charge on any atom is -0.390 e. The summed E-state index contributed by atoms with van der Waals surface area (Å²) in [5, 5.41) is 9.23. The van der Waals surface area contributed by atoms with Crippen LogP contribution in [-0.4, -0.2) is 15.1 Å². The van der Waals surface area contributed by atoms with E-state index in [-0.39, 0.29) is 30.5 Å². The number of aliphatic hydroxyl groups is 1. The molecule has 2 rings (SSSR count). The Kier molecular flexibility index (Phi) is 6.91. The highest BCUT2D eigenvalue weighted by atomic mass is 35.5. The lowest BCUT2D eigenvalue weighted by Gasteiger charge is -2.06. The summed E-state index contributed by atoms with van der Waals surface area (Å²) in [5.74, 6) is 0.0482. The molecule has 1 heterocycles. The number of hydrogen-bond donors (Lipinski definition) is 3. The van der Waals surface area contributed by atoms with Crippen molar-refractivity contribution in [3.05, 3.63) is 57.5 Å². The molecular formula is C15H20ClN3O2. The van der Waals surface area contributed by atoms with Gasteiger partial charge in [0.05, 0.1) is 12.3 Å². The molecule has 0 amide bonds. The molecule has 2 aromatic rings. The van der Waals surface area contributed by atoms with Crippen molar-refractivity contribution in [1.29, 1.82) is 0 Å². The Morgan fingerprint density at radius 3 is 2.48 bits per heavy atom. The van der Waals surface area contributed by atoms with E-state index in [1.807, 2.05) is 18.2 Å². The number of benzene rings is 1. The molecule has 4 N–H and O–H groups in total. The maximum absolute atomic E-state index is 11.8. The van der Waals surface area contributed by atoms with E-state index in [1.54, 1.807) is 0 Å². The topological polar surface area (TPSA) is 92.0 Å². The van der Waals surface area contributed by atoms with Gasteiger partial charge in [-0.25, -0.2) is 4.98 Å². The normalized spacial score (nSPS) is 10.1. The molecule has 0 spiro atoms. The molecule has 1 aromatic heterocycles. The molecule has 5 nitrogen and oxygen atoms in total. The largest absolute Gasteiger partial charge is 0.390 e. The molecule has 0 fully saturated rings. The fraction of sp³-hybridized carbons (Fsp3) is 0.333. The van der Waals surface area contributed by atoms with Gasteiger partial charge in [0.2, 0.25) is 5.95 Å². The van der Waals surface area contributed by atoms with Crippen molar-refractivity contribution in [3.63, 3.8) is 0 Å². The molecule has 0 unspecified atom stereocenters. The summed E-state index contributed by atoms with van der Waals surface area (Å²) in [6.45, 7) is -0.262. The van der Waals surface area contributed by atoms with Crippen LogP contribution in [0, 0.1) is 0 Å². The zero-order valence-electron chi connectivity index (χ0n) is 11.7. The van der Waals surface area contributed by atoms with E-state index < -0.39 is 0 Å². The standard InChI is InChI=1S/C15H19N3O2.ClH/c16-15-17-13(10-19)12(14(20)18-15)9-5-4-8-11-6-2-1-3-7-11;/h1-3,6-7,19H,4-5,8-10H2,(H3,16,17,18,20);1H. The lowest BCUT2D eigenvalue weighted by atomic mass is 10.0. The second-order valence-electron chi connectivity index (χ2n) is 4.73. The molecule has 6 heteroatoms. The number of halogens is 1. The molecule has 0 radical (unpaired) electrons. The molecule has 1 aromatic carbocycles. The monoisotopic (exact) mass is 309 g/mol. The van der Waals surface area contributed by atoms with Crippen LogP contribution in [0.1, 0.15) is 29.7 Å². The van der Waals surface area contributed by atoms with Gasteiger partial charge in [-0.2, -0.15) is 0 Å². The van der Waals surface area contributed by atoms with Crippen molar-refractivity contribution in [3.8, 4) is 0 Å². The summed E-state index contributed by atoms with van der Waals surface area (Å²) in [6, 6.07) is 10.2. The third-order valence-corrected chi connectivity index (χ3v) is 3.25. The third-order valence-electron chi connectivity index (χ3n) is 3.25. The molecular weight excluding hydrogens is 290 g/mol. The van der Waals surface area contributed by atoms with Gasteiger partial charge < -0.3 is 10.8 Å². The molecule has 0 aliphatic rings. The zero-order valence-corrected chi connectivity index (χ0v) is 12.5. The van der Waals surface area contributed by atoms with Crippen LogP contribution >= 0.6 is 12.4 Å². The smallest absolute Gasteiger partial charge is 0.255 e. The number of nitrogens with one attached hydrogen (secondary N) is 1. The quantitative estimate of drug-likeness (QED) is 0.710. The Bertz CT molecular complexity index is 614. The minimum atomic E-state index is -0.262. The van der Waals surface area contributed by atoms with E-state index in [0.29, 0.717) is 17.7 Å². The highest BCUT2D eigenvalue weighted by Gasteiger charge is 2.09. The number of anilines is 1. The molecule has 0 aliphatic carbocycles. The predicted octanol–water partition coefficient (Wildman–Crippen LogP) is 1.83. The molecule has 0 saturated heterocycles. The number of rotatable bonds is 6. The van der Waals surface area contributed by atoms with Gasteiger partial charge in [-0.1, -0.05) is 30.3 Å². The Labute approximate surface area is 129 Å². The Balaban J connectivity index is 0.00000220. The maximum atomic E-state index is 11.8.